The highest BCUT2D eigenvalue weighted by Gasteiger charge is 2.26. The molecule has 1 N–H and O–H groups in total. The van der Waals surface area contributed by atoms with E-state index in [4.69, 9.17) is 4.74 Å². The number of carbonyl (C=O) groups excluding carboxylic acids is 2. The van der Waals surface area contributed by atoms with Crippen LogP contribution in [0.3, 0.4) is 0 Å². The Morgan fingerprint density at radius 2 is 1.67 bits per heavy atom. The lowest BCUT2D eigenvalue weighted by atomic mass is 10.1. The van der Waals surface area contributed by atoms with E-state index in [2.05, 4.69) is 10.4 Å². The average molecular weight is 407 g/mol. The van der Waals surface area contributed by atoms with Crippen molar-refractivity contribution in [3.05, 3.63) is 76.2 Å². The highest BCUT2D eigenvalue weighted by Crippen LogP contribution is 2.15. The molecule has 3 aromatic rings. The monoisotopic (exact) mass is 407 g/mol. The predicted octanol–water partition coefficient (Wildman–Crippen LogP) is 2.88. The van der Waals surface area contributed by atoms with E-state index in [0.29, 0.717) is 10.8 Å². The lowest BCUT2D eigenvalue weighted by Crippen LogP contribution is -2.44. The highest BCUT2D eigenvalue weighted by atomic mass is 16.5. The van der Waals surface area contributed by atoms with Gasteiger partial charge in [-0.15, -0.1) is 0 Å². The number of nitrogens with one attached hydrogen (secondary N) is 1. The molecule has 156 valence electrons. The first-order valence-electron chi connectivity index (χ1n) is 9.95. The van der Waals surface area contributed by atoms with Crippen LogP contribution in [0.25, 0.3) is 10.8 Å². The van der Waals surface area contributed by atoms with Gasteiger partial charge in [-0.2, -0.15) is 5.10 Å². The van der Waals surface area contributed by atoms with Crippen LogP contribution in [0.15, 0.2) is 59.4 Å². The van der Waals surface area contributed by atoms with Crippen molar-refractivity contribution in [2.45, 2.75) is 39.3 Å². The molecule has 0 aliphatic heterocycles. The van der Waals surface area contributed by atoms with Crippen LogP contribution in [0.1, 0.15) is 42.9 Å². The molecule has 0 aliphatic rings. The van der Waals surface area contributed by atoms with Crippen molar-refractivity contribution in [3.63, 3.8) is 0 Å². The van der Waals surface area contributed by atoms with Crippen LogP contribution >= 0.6 is 0 Å². The fourth-order valence-corrected chi connectivity index (χ4v) is 3.24. The van der Waals surface area contributed by atoms with Crippen LogP contribution in [0, 0.1) is 0 Å². The van der Waals surface area contributed by atoms with Gasteiger partial charge in [0.2, 0.25) is 0 Å². The van der Waals surface area contributed by atoms with Crippen molar-refractivity contribution in [2.75, 3.05) is 6.61 Å². The molecule has 1 unspecified atom stereocenters. The molecule has 1 aromatic heterocycles. The fourth-order valence-electron chi connectivity index (χ4n) is 3.24. The summed E-state index contributed by atoms with van der Waals surface area (Å²) in [6.07, 6.45) is 0.285. The first kappa shape index (κ1) is 21.2. The number of benzene rings is 2. The molecular weight excluding hydrogens is 382 g/mol. The van der Waals surface area contributed by atoms with Crippen LogP contribution in [-0.4, -0.2) is 34.3 Å². The van der Waals surface area contributed by atoms with Crippen LogP contribution in [0.2, 0.25) is 0 Å². The van der Waals surface area contributed by atoms with E-state index in [1.54, 1.807) is 31.2 Å². The third kappa shape index (κ3) is 4.56. The summed E-state index contributed by atoms with van der Waals surface area (Å²) < 4.78 is 6.44. The van der Waals surface area contributed by atoms with E-state index in [0.717, 1.165) is 5.56 Å². The third-order valence-corrected chi connectivity index (χ3v) is 4.69. The van der Waals surface area contributed by atoms with Gasteiger partial charge < -0.3 is 10.1 Å². The Morgan fingerprint density at radius 1 is 1.03 bits per heavy atom. The van der Waals surface area contributed by atoms with Crippen molar-refractivity contribution >= 4 is 22.6 Å². The largest absolute Gasteiger partial charge is 0.464 e. The van der Waals surface area contributed by atoms with Crippen molar-refractivity contribution in [2.24, 2.45) is 0 Å². The van der Waals surface area contributed by atoms with Crippen molar-refractivity contribution in [1.82, 2.24) is 15.1 Å². The van der Waals surface area contributed by atoms with E-state index in [9.17, 15) is 14.4 Å². The number of hydrogen-bond acceptors (Lipinski definition) is 5. The zero-order chi connectivity index (χ0) is 21.7. The van der Waals surface area contributed by atoms with Gasteiger partial charge in [-0.05, 0) is 32.4 Å². The smallest absolute Gasteiger partial charge is 0.328 e. The maximum atomic E-state index is 13.2. The molecule has 3 rings (SSSR count). The van der Waals surface area contributed by atoms with Crippen LogP contribution in [0.5, 0.6) is 0 Å². The standard InChI is InChI=1S/C23H25N3O4/c1-4-30-23(29)19(14-16-10-6-5-7-11-16)24-21(27)20-17-12-8-9-13-18(17)22(28)26(25-20)15(2)3/h5-13,15,19H,4,14H2,1-3H3,(H,24,27). The number of esters is 1. The number of fused-ring (bicyclic) bond motifs is 1. The molecule has 1 amide bonds. The zero-order valence-corrected chi connectivity index (χ0v) is 17.3. The Balaban J connectivity index is 1.99. The Bertz CT molecular complexity index is 1110. The molecule has 0 bridgehead atoms. The van der Waals surface area contributed by atoms with E-state index < -0.39 is 17.9 Å². The summed E-state index contributed by atoms with van der Waals surface area (Å²) in [6, 6.07) is 15.1. The minimum Gasteiger partial charge on any atom is -0.464 e. The topological polar surface area (TPSA) is 90.3 Å². The van der Waals surface area contributed by atoms with Gasteiger partial charge in [-0.3, -0.25) is 9.59 Å². The molecule has 0 spiro atoms. The molecule has 2 aromatic carbocycles. The average Bonchev–Trinajstić information content (AvgIpc) is 2.74. The minimum atomic E-state index is -0.875. The van der Waals surface area contributed by atoms with Gasteiger partial charge in [0.1, 0.15) is 6.04 Å². The lowest BCUT2D eigenvalue weighted by molar-refractivity contribution is -0.145. The highest BCUT2D eigenvalue weighted by molar-refractivity contribution is 6.05. The fraction of sp³-hybridized carbons (Fsp3) is 0.304. The molecule has 7 heteroatoms. The summed E-state index contributed by atoms with van der Waals surface area (Å²) in [5.74, 6) is -1.05. The van der Waals surface area contributed by atoms with Crippen LogP contribution in [0.4, 0.5) is 0 Å². The number of rotatable bonds is 7. The molecule has 0 radical (unpaired) electrons. The summed E-state index contributed by atoms with van der Waals surface area (Å²) >= 11 is 0. The molecule has 1 heterocycles. The maximum absolute atomic E-state index is 13.2. The molecule has 0 saturated heterocycles. The molecular formula is C23H25N3O4. The second-order valence-corrected chi connectivity index (χ2v) is 7.21. The van der Waals surface area contributed by atoms with Gasteiger partial charge in [-0.25, -0.2) is 9.48 Å². The summed E-state index contributed by atoms with van der Waals surface area (Å²) in [7, 11) is 0. The van der Waals surface area contributed by atoms with E-state index in [1.165, 1.54) is 4.68 Å². The van der Waals surface area contributed by atoms with Gasteiger partial charge in [0.25, 0.3) is 11.5 Å². The van der Waals surface area contributed by atoms with Crippen molar-refractivity contribution in [3.8, 4) is 0 Å². The third-order valence-electron chi connectivity index (χ3n) is 4.69. The summed E-state index contributed by atoms with van der Waals surface area (Å²) in [6.45, 7) is 5.57. The molecule has 1 atom stereocenters. The van der Waals surface area contributed by atoms with Gasteiger partial charge in [-0.1, -0.05) is 48.5 Å². The predicted molar refractivity (Wildman–Crippen MR) is 114 cm³/mol. The Hall–Kier alpha value is -3.48. The number of ether oxygens (including phenoxy) is 1. The molecule has 0 fully saturated rings. The van der Waals surface area contributed by atoms with E-state index in [1.807, 2.05) is 44.2 Å². The Morgan fingerprint density at radius 3 is 2.30 bits per heavy atom. The number of amides is 1. The van der Waals surface area contributed by atoms with Crippen LogP contribution < -0.4 is 10.9 Å². The second kappa shape index (κ2) is 9.35. The quantitative estimate of drug-likeness (QED) is 0.608. The van der Waals surface area contributed by atoms with E-state index in [-0.39, 0.29) is 30.3 Å². The molecule has 30 heavy (non-hydrogen) atoms. The minimum absolute atomic E-state index is 0.0984. The SMILES string of the molecule is CCOC(=O)C(Cc1ccccc1)NC(=O)c1nn(C(C)C)c(=O)c2ccccc12. The van der Waals surface area contributed by atoms with Gasteiger partial charge in [0.05, 0.1) is 18.0 Å². The number of nitrogens with zero attached hydrogens (tertiary/aromatic N) is 2. The van der Waals surface area contributed by atoms with Crippen molar-refractivity contribution < 1.29 is 14.3 Å². The number of aromatic nitrogens is 2. The van der Waals surface area contributed by atoms with Crippen molar-refractivity contribution in [1.29, 1.82) is 0 Å². The first-order chi connectivity index (χ1) is 14.4. The lowest BCUT2D eigenvalue weighted by Gasteiger charge is -2.19. The molecule has 0 saturated carbocycles. The maximum Gasteiger partial charge on any atom is 0.328 e. The van der Waals surface area contributed by atoms with Gasteiger partial charge >= 0.3 is 5.97 Å². The second-order valence-electron chi connectivity index (χ2n) is 7.21. The number of hydrogen-bond donors (Lipinski definition) is 1. The van der Waals surface area contributed by atoms with Crippen LogP contribution in [-0.2, 0) is 16.0 Å². The first-order valence-corrected chi connectivity index (χ1v) is 9.95. The summed E-state index contributed by atoms with van der Waals surface area (Å²) in [5, 5.41) is 7.91. The van der Waals surface area contributed by atoms with Gasteiger partial charge in [0.15, 0.2) is 5.69 Å². The summed E-state index contributed by atoms with van der Waals surface area (Å²) in [5.41, 5.74) is 0.727. The molecule has 7 nitrogen and oxygen atoms in total. The Labute approximate surface area is 174 Å². The number of carbonyl (C=O) groups is 2. The van der Waals surface area contributed by atoms with Gasteiger partial charge in [0, 0.05) is 11.8 Å². The summed E-state index contributed by atoms with van der Waals surface area (Å²) in [4.78, 5) is 38.3. The Kier molecular flexibility index (Phi) is 6.61. The zero-order valence-electron chi connectivity index (χ0n) is 17.3. The van der Waals surface area contributed by atoms with E-state index >= 15 is 0 Å². The molecule has 0 aliphatic carbocycles. The normalized spacial score (nSPS) is 12.0.